The minimum absolute atomic E-state index is 0.0196. The third-order valence-corrected chi connectivity index (χ3v) is 9.56. The molecule has 2 amide bonds. The van der Waals surface area contributed by atoms with Crippen LogP contribution in [-0.2, 0) is 26.2 Å². The number of sulfonamides is 1. The van der Waals surface area contributed by atoms with Gasteiger partial charge in [0.25, 0.3) is 10.0 Å². The van der Waals surface area contributed by atoms with E-state index in [-0.39, 0.29) is 45.4 Å². The van der Waals surface area contributed by atoms with Gasteiger partial charge >= 0.3 is 0 Å². The fourth-order valence-corrected chi connectivity index (χ4v) is 6.60. The Morgan fingerprint density at radius 1 is 0.905 bits per heavy atom. The Kier molecular flexibility index (Phi) is 12.0. The molecule has 0 aliphatic carbocycles. The van der Waals surface area contributed by atoms with Crippen molar-refractivity contribution in [2.75, 3.05) is 17.4 Å². The van der Waals surface area contributed by atoms with Gasteiger partial charge in [0.05, 0.1) is 15.6 Å². The lowest BCUT2D eigenvalue weighted by atomic mass is 10.1. The lowest BCUT2D eigenvalue weighted by molar-refractivity contribution is -0.140. The second-order valence-electron chi connectivity index (χ2n) is 10.2. The number of hydrogen-bond donors (Lipinski definition) is 1. The van der Waals surface area contributed by atoms with E-state index in [1.165, 1.54) is 35.2 Å². The Bertz CT molecular complexity index is 1510. The van der Waals surface area contributed by atoms with Crippen LogP contribution < -0.4 is 9.62 Å². The van der Waals surface area contributed by atoms with Gasteiger partial charge in [-0.25, -0.2) is 8.42 Å². The smallest absolute Gasteiger partial charge is 0.264 e. The highest BCUT2D eigenvalue weighted by atomic mass is 35.5. The third kappa shape index (κ3) is 8.32. The molecule has 0 heterocycles. The first kappa shape index (κ1) is 34.0. The Morgan fingerprint density at radius 3 is 2.10 bits per heavy atom. The maximum atomic E-state index is 14.2. The van der Waals surface area contributed by atoms with Gasteiger partial charge < -0.3 is 10.2 Å². The van der Waals surface area contributed by atoms with Crippen molar-refractivity contribution in [2.45, 2.75) is 51.6 Å². The molecule has 0 aliphatic rings. The van der Waals surface area contributed by atoms with E-state index in [2.05, 4.69) is 5.32 Å². The van der Waals surface area contributed by atoms with Gasteiger partial charge in [-0.3, -0.25) is 13.9 Å². The molecule has 0 aliphatic heterocycles. The van der Waals surface area contributed by atoms with Gasteiger partial charge in [-0.2, -0.15) is 0 Å². The van der Waals surface area contributed by atoms with Crippen molar-refractivity contribution < 1.29 is 18.0 Å². The molecule has 0 bridgehead atoms. The van der Waals surface area contributed by atoms with Crippen LogP contribution in [-0.4, -0.2) is 44.3 Å². The molecule has 3 aromatic carbocycles. The van der Waals surface area contributed by atoms with Gasteiger partial charge in [0.1, 0.15) is 12.6 Å². The maximum absolute atomic E-state index is 14.2. The number of anilines is 1. The highest BCUT2D eigenvalue weighted by Crippen LogP contribution is 2.34. The first-order valence-corrected chi connectivity index (χ1v) is 16.3. The van der Waals surface area contributed by atoms with Crippen LogP contribution in [0.4, 0.5) is 5.69 Å². The average Bonchev–Trinajstić information content (AvgIpc) is 2.93. The summed E-state index contributed by atoms with van der Waals surface area (Å²) in [6, 6.07) is 14.6. The molecule has 42 heavy (non-hydrogen) atoms. The summed E-state index contributed by atoms with van der Waals surface area (Å²) in [6.45, 7) is 7.10. The Balaban J connectivity index is 2.13. The molecule has 0 saturated carbocycles. The predicted octanol–water partition coefficient (Wildman–Crippen LogP) is 7.38. The molecule has 0 unspecified atom stereocenters. The van der Waals surface area contributed by atoms with Crippen LogP contribution in [0, 0.1) is 12.8 Å². The van der Waals surface area contributed by atoms with E-state index >= 15 is 0 Å². The molecule has 0 spiro atoms. The maximum Gasteiger partial charge on any atom is 0.264 e. The molecule has 0 fully saturated rings. The topological polar surface area (TPSA) is 86.8 Å². The van der Waals surface area contributed by atoms with E-state index in [1.807, 2.05) is 20.8 Å². The number of benzene rings is 3. The zero-order valence-electron chi connectivity index (χ0n) is 23.7. The second kappa shape index (κ2) is 14.8. The van der Waals surface area contributed by atoms with Gasteiger partial charge in [0.15, 0.2) is 0 Å². The summed E-state index contributed by atoms with van der Waals surface area (Å²) in [4.78, 5) is 28.8. The quantitative estimate of drug-likeness (QED) is 0.218. The monoisotopic (exact) mass is 671 g/mol. The van der Waals surface area contributed by atoms with Crippen molar-refractivity contribution in [3.8, 4) is 0 Å². The zero-order chi connectivity index (χ0) is 31.2. The van der Waals surface area contributed by atoms with Crippen molar-refractivity contribution in [3.63, 3.8) is 0 Å². The number of nitrogens with one attached hydrogen (secondary N) is 1. The van der Waals surface area contributed by atoms with Crippen molar-refractivity contribution in [1.29, 1.82) is 0 Å². The number of carbonyl (C=O) groups excluding carboxylic acids is 2. The molecule has 0 saturated heterocycles. The van der Waals surface area contributed by atoms with Gasteiger partial charge in [0, 0.05) is 33.7 Å². The Labute approximate surface area is 267 Å². The lowest BCUT2D eigenvalue weighted by Crippen LogP contribution is -2.52. The van der Waals surface area contributed by atoms with Crippen LogP contribution in [0.5, 0.6) is 0 Å². The molecule has 0 radical (unpaired) electrons. The van der Waals surface area contributed by atoms with Crippen LogP contribution >= 0.6 is 46.4 Å². The predicted molar refractivity (Wildman–Crippen MR) is 171 cm³/mol. The SMILES string of the molecule is CC[C@@H](C(=O)NCC(C)C)N(Cc1c(Cl)cccc1Cl)C(=O)CN(c1cc(Cl)ccc1Cl)S(=O)(=O)c1ccc(C)cc1. The highest BCUT2D eigenvalue weighted by molar-refractivity contribution is 7.92. The summed E-state index contributed by atoms with van der Waals surface area (Å²) in [5.74, 6) is -0.866. The molecule has 0 aromatic heterocycles. The van der Waals surface area contributed by atoms with Crippen LogP contribution in [0.15, 0.2) is 65.6 Å². The minimum Gasteiger partial charge on any atom is -0.354 e. The van der Waals surface area contributed by atoms with Crippen LogP contribution in [0.3, 0.4) is 0 Å². The van der Waals surface area contributed by atoms with Crippen molar-refractivity contribution in [3.05, 3.63) is 91.9 Å². The fraction of sp³-hybridized carbons (Fsp3) is 0.333. The number of rotatable bonds is 12. The van der Waals surface area contributed by atoms with Gasteiger partial charge in [-0.05, 0) is 61.7 Å². The van der Waals surface area contributed by atoms with Crippen LogP contribution in [0.2, 0.25) is 20.1 Å². The fourth-order valence-electron chi connectivity index (χ4n) is 4.22. The molecule has 12 heteroatoms. The number of aryl methyl sites for hydroxylation is 1. The largest absolute Gasteiger partial charge is 0.354 e. The van der Waals surface area contributed by atoms with Crippen LogP contribution in [0.25, 0.3) is 0 Å². The molecule has 3 rings (SSSR count). The minimum atomic E-state index is -4.31. The summed E-state index contributed by atoms with van der Waals surface area (Å²) in [5.41, 5.74) is 1.31. The van der Waals surface area contributed by atoms with Crippen molar-refractivity contribution in [1.82, 2.24) is 10.2 Å². The van der Waals surface area contributed by atoms with Crippen LogP contribution in [0.1, 0.15) is 38.3 Å². The molecule has 7 nitrogen and oxygen atoms in total. The normalized spacial score (nSPS) is 12.2. The lowest BCUT2D eigenvalue weighted by Gasteiger charge is -2.34. The standard InChI is InChI=1S/C30H33Cl4N3O4S/c1-5-27(30(39)35-16-19(2)3)36(17-23-24(32)7-6-8-25(23)33)29(38)18-37(28-15-21(31)11-14-26(28)34)42(40,41)22-12-9-20(4)10-13-22/h6-15,19,27H,5,16-18H2,1-4H3,(H,35,39)/t27-/m0/s1. The molecule has 226 valence electrons. The van der Waals surface area contributed by atoms with E-state index in [0.717, 1.165) is 9.87 Å². The Morgan fingerprint density at radius 2 is 1.52 bits per heavy atom. The van der Waals surface area contributed by atoms with Crippen molar-refractivity contribution >= 4 is 73.9 Å². The number of halogens is 4. The first-order valence-electron chi connectivity index (χ1n) is 13.3. The molecular formula is C30H33Cl4N3O4S. The van der Waals surface area contributed by atoms with E-state index in [4.69, 9.17) is 46.4 Å². The zero-order valence-corrected chi connectivity index (χ0v) is 27.5. The molecule has 3 aromatic rings. The summed E-state index contributed by atoms with van der Waals surface area (Å²) < 4.78 is 28.9. The van der Waals surface area contributed by atoms with E-state index in [1.54, 1.807) is 37.3 Å². The second-order valence-corrected chi connectivity index (χ2v) is 13.7. The van der Waals surface area contributed by atoms with E-state index < -0.39 is 28.5 Å². The molecule has 1 atom stereocenters. The van der Waals surface area contributed by atoms with E-state index in [0.29, 0.717) is 22.2 Å². The first-order chi connectivity index (χ1) is 19.8. The van der Waals surface area contributed by atoms with Gasteiger partial charge in [0.2, 0.25) is 11.8 Å². The molecule has 1 N–H and O–H groups in total. The molecular weight excluding hydrogens is 640 g/mol. The number of amides is 2. The highest BCUT2D eigenvalue weighted by Gasteiger charge is 2.35. The average molecular weight is 673 g/mol. The summed E-state index contributed by atoms with van der Waals surface area (Å²) in [5, 5.41) is 3.79. The van der Waals surface area contributed by atoms with E-state index in [9.17, 15) is 18.0 Å². The number of carbonyl (C=O) groups is 2. The number of hydrogen-bond acceptors (Lipinski definition) is 4. The number of nitrogens with zero attached hydrogens (tertiary/aromatic N) is 2. The third-order valence-electron chi connectivity index (χ3n) is 6.53. The summed E-state index contributed by atoms with van der Waals surface area (Å²) in [7, 11) is -4.31. The summed E-state index contributed by atoms with van der Waals surface area (Å²) in [6.07, 6.45) is 0.250. The van der Waals surface area contributed by atoms with Gasteiger partial charge in [-0.15, -0.1) is 0 Å². The summed E-state index contributed by atoms with van der Waals surface area (Å²) >= 11 is 25.6. The van der Waals surface area contributed by atoms with Gasteiger partial charge in [-0.1, -0.05) is 90.9 Å². The Hall–Kier alpha value is -2.49. The van der Waals surface area contributed by atoms with Crippen molar-refractivity contribution in [2.24, 2.45) is 5.92 Å².